The molecule has 0 bridgehead atoms. The Bertz CT molecular complexity index is 1200. The minimum Gasteiger partial charge on any atom is -0.446 e. The smallest absolute Gasteiger partial charge is 0.410 e. The van der Waals surface area contributed by atoms with E-state index in [1.165, 1.54) is 12.8 Å². The Morgan fingerprint density at radius 2 is 1.64 bits per heavy atom. The number of aliphatic hydroxyl groups is 1. The molecule has 7 rings (SSSR count). The molecular weight excluding hydrogens is 572 g/mol. The lowest BCUT2D eigenvalue weighted by molar-refractivity contribution is -0.185. The van der Waals surface area contributed by atoms with Crippen LogP contribution >= 0.6 is 0 Å². The van der Waals surface area contributed by atoms with Crippen molar-refractivity contribution in [2.45, 2.75) is 130 Å². The Kier molecular flexibility index (Phi) is 7.43. The Morgan fingerprint density at radius 1 is 0.978 bits per heavy atom. The summed E-state index contributed by atoms with van der Waals surface area (Å²) >= 11 is 0. The average molecular weight is 631 g/mol. The molecule has 7 aliphatic rings. The fourth-order valence-corrected chi connectivity index (χ4v) is 13.5. The number of fused-ring (bicyclic) bond motifs is 4. The van der Waals surface area contributed by atoms with Crippen molar-refractivity contribution >= 4 is 12.2 Å². The molecule has 2 amide bonds. The fraction of sp³-hybridized carbons (Fsp3) is 0.944. The Labute approximate surface area is 269 Å². The molecule has 5 saturated carbocycles. The van der Waals surface area contributed by atoms with Crippen molar-refractivity contribution in [3.05, 3.63) is 0 Å². The second-order valence-electron chi connectivity index (χ2n) is 17.7. The molecule has 2 spiro atoms. The highest BCUT2D eigenvalue weighted by Crippen LogP contribution is 2.89. The van der Waals surface area contributed by atoms with Crippen molar-refractivity contribution in [3.8, 4) is 0 Å². The van der Waals surface area contributed by atoms with Gasteiger partial charge in [0.15, 0.2) is 0 Å². The zero-order valence-corrected chi connectivity index (χ0v) is 28.7. The van der Waals surface area contributed by atoms with Crippen LogP contribution < -0.4 is 5.73 Å². The minimum absolute atomic E-state index is 0.0354. The summed E-state index contributed by atoms with van der Waals surface area (Å²) in [5.74, 6) is 1.59. The number of morpholine rings is 1. The van der Waals surface area contributed by atoms with Crippen molar-refractivity contribution in [2.75, 3.05) is 26.3 Å². The molecule has 0 aromatic carbocycles. The van der Waals surface area contributed by atoms with Crippen molar-refractivity contribution in [3.63, 3.8) is 0 Å². The van der Waals surface area contributed by atoms with E-state index in [2.05, 4.69) is 34.6 Å². The van der Waals surface area contributed by atoms with Gasteiger partial charge in [0.2, 0.25) is 0 Å². The lowest BCUT2D eigenvalue weighted by atomic mass is 9.41. The van der Waals surface area contributed by atoms with Crippen molar-refractivity contribution in [1.29, 1.82) is 0 Å². The lowest BCUT2D eigenvalue weighted by Crippen LogP contribution is -2.60. The molecule has 9 nitrogen and oxygen atoms in total. The van der Waals surface area contributed by atoms with Gasteiger partial charge in [0.1, 0.15) is 12.2 Å². The largest absolute Gasteiger partial charge is 0.446 e. The summed E-state index contributed by atoms with van der Waals surface area (Å²) in [6.45, 7) is 18.3. The molecule has 0 aromatic heterocycles. The van der Waals surface area contributed by atoms with Crippen LogP contribution in [0.5, 0.6) is 0 Å². The first-order chi connectivity index (χ1) is 21.1. The Morgan fingerprint density at radius 3 is 2.31 bits per heavy atom. The van der Waals surface area contributed by atoms with Gasteiger partial charge in [0.05, 0.1) is 31.5 Å². The SMILES string of the molecule is CC(C)[C@@H](OC(N)=O)[C@H]1C[C@@H](C)[C@H]2[C@H](O1)[C@H](O)[C@@]1(C)[C@@H]3CC[C@H]4C(C)(C)[C@@H](OC(=O)N5CCOCC5)CC[C@@]45C[C@@]35CC[C@]21C. The summed E-state index contributed by atoms with van der Waals surface area (Å²) in [7, 11) is 0. The van der Waals surface area contributed by atoms with Gasteiger partial charge in [-0.05, 0) is 97.2 Å². The van der Waals surface area contributed by atoms with Crippen LogP contribution in [0.3, 0.4) is 0 Å². The maximum Gasteiger partial charge on any atom is 0.410 e. The summed E-state index contributed by atoms with van der Waals surface area (Å²) in [4.78, 5) is 26.8. The highest BCUT2D eigenvalue weighted by molar-refractivity contribution is 5.68. The molecule has 3 N–H and O–H groups in total. The van der Waals surface area contributed by atoms with Crippen LogP contribution in [0.4, 0.5) is 9.59 Å². The molecular formula is C36H58N2O7. The monoisotopic (exact) mass is 630 g/mol. The van der Waals surface area contributed by atoms with E-state index in [-0.39, 0.29) is 63.3 Å². The predicted molar refractivity (Wildman–Crippen MR) is 168 cm³/mol. The number of rotatable bonds is 4. The Balaban J connectivity index is 1.14. The van der Waals surface area contributed by atoms with Crippen molar-refractivity contribution in [1.82, 2.24) is 4.90 Å². The summed E-state index contributed by atoms with van der Waals surface area (Å²) < 4.78 is 24.2. The number of carbonyl (C=O) groups excluding carboxylic acids is 2. The summed E-state index contributed by atoms with van der Waals surface area (Å²) in [5.41, 5.74) is 5.56. The van der Waals surface area contributed by atoms with Crippen LogP contribution in [0, 0.1) is 56.7 Å². The number of primary amides is 1. The maximum absolute atomic E-state index is 13.2. The number of ether oxygens (including phenoxy) is 4. The first-order valence-electron chi connectivity index (χ1n) is 18.0. The normalized spacial score (nSPS) is 50.3. The van der Waals surface area contributed by atoms with E-state index < -0.39 is 18.3 Å². The highest BCUT2D eigenvalue weighted by Gasteiger charge is 2.84. The summed E-state index contributed by atoms with van der Waals surface area (Å²) in [6.07, 6.45) is 5.99. The molecule has 9 heteroatoms. The molecule has 2 saturated heterocycles. The van der Waals surface area contributed by atoms with E-state index in [0.717, 1.165) is 38.5 Å². The molecule has 0 unspecified atom stereocenters. The van der Waals surface area contributed by atoms with E-state index in [9.17, 15) is 14.7 Å². The zero-order valence-electron chi connectivity index (χ0n) is 28.7. The standard InChI is InChI=1S/C36H58N2O7/c1-20(2)27(45-30(37)40)22-18-21(3)26-28(43-22)29(39)34(7)24-9-8-23-32(4,5)25(44-31(41)38-14-16-42-17-15-38)10-11-35(23)19-36(24,35)13-12-33(26,34)6/h20-29,39H,8-19H2,1-7H3,(H2,37,40)/t21-,22-,23+,24+,25+,26+,27-,28+,29+,33-,34-,35-,36+/m1/s1. The molecule has 2 aliphatic heterocycles. The molecule has 13 atom stereocenters. The van der Waals surface area contributed by atoms with Gasteiger partial charge in [-0.3, -0.25) is 0 Å². The fourth-order valence-electron chi connectivity index (χ4n) is 13.5. The predicted octanol–water partition coefficient (Wildman–Crippen LogP) is 5.76. The number of nitrogens with zero attached hydrogens (tertiary/aromatic N) is 1. The van der Waals surface area contributed by atoms with Crippen LogP contribution in [0.1, 0.15) is 99.8 Å². The van der Waals surface area contributed by atoms with Gasteiger partial charge in [-0.15, -0.1) is 0 Å². The number of aliphatic hydroxyl groups excluding tert-OH is 1. The quantitative estimate of drug-likeness (QED) is 0.405. The van der Waals surface area contributed by atoms with E-state index in [4.69, 9.17) is 24.7 Å². The summed E-state index contributed by atoms with van der Waals surface area (Å²) in [6, 6.07) is 0. The second-order valence-corrected chi connectivity index (χ2v) is 17.7. The van der Waals surface area contributed by atoms with E-state index in [1.807, 2.05) is 13.8 Å². The van der Waals surface area contributed by atoms with Crippen LogP contribution in [0.25, 0.3) is 0 Å². The van der Waals surface area contributed by atoms with Gasteiger partial charge in [0, 0.05) is 23.9 Å². The van der Waals surface area contributed by atoms with Crippen LogP contribution in [0.2, 0.25) is 0 Å². The number of nitrogens with two attached hydrogens (primary N) is 1. The minimum atomic E-state index is -0.766. The molecule has 45 heavy (non-hydrogen) atoms. The molecule has 5 aliphatic carbocycles. The van der Waals surface area contributed by atoms with Gasteiger partial charge >= 0.3 is 12.2 Å². The van der Waals surface area contributed by atoms with E-state index >= 15 is 0 Å². The van der Waals surface area contributed by atoms with E-state index in [0.29, 0.717) is 44.1 Å². The average Bonchev–Trinajstić information content (AvgIpc) is 3.62. The zero-order chi connectivity index (χ0) is 32.3. The van der Waals surface area contributed by atoms with Crippen LogP contribution in [-0.2, 0) is 18.9 Å². The second kappa shape index (κ2) is 10.5. The van der Waals surface area contributed by atoms with Crippen molar-refractivity contribution in [2.24, 2.45) is 62.4 Å². The van der Waals surface area contributed by atoms with Gasteiger partial charge in [-0.2, -0.15) is 0 Å². The number of hydrogen-bond acceptors (Lipinski definition) is 7. The van der Waals surface area contributed by atoms with Gasteiger partial charge < -0.3 is 34.7 Å². The molecule has 254 valence electrons. The van der Waals surface area contributed by atoms with Gasteiger partial charge in [-0.1, -0.05) is 48.5 Å². The third-order valence-corrected chi connectivity index (χ3v) is 15.6. The maximum atomic E-state index is 13.2. The third kappa shape index (κ3) is 4.20. The Hall–Kier alpha value is -1.58. The molecule has 7 fully saturated rings. The summed E-state index contributed by atoms with van der Waals surface area (Å²) in [5, 5.41) is 12.5. The number of amides is 2. The van der Waals surface area contributed by atoms with E-state index in [1.54, 1.807) is 4.90 Å². The number of hydrogen-bond donors (Lipinski definition) is 2. The highest BCUT2D eigenvalue weighted by atomic mass is 16.6. The third-order valence-electron chi connectivity index (χ3n) is 15.6. The van der Waals surface area contributed by atoms with Crippen LogP contribution in [-0.4, -0.2) is 79.0 Å². The molecule has 0 aromatic rings. The van der Waals surface area contributed by atoms with Crippen molar-refractivity contribution < 1.29 is 33.6 Å². The topological polar surface area (TPSA) is 121 Å². The molecule has 0 radical (unpaired) electrons. The lowest BCUT2D eigenvalue weighted by Gasteiger charge is -2.63. The first-order valence-corrected chi connectivity index (χ1v) is 18.0. The number of carbonyl (C=O) groups is 2. The van der Waals surface area contributed by atoms with Gasteiger partial charge in [-0.25, -0.2) is 9.59 Å². The van der Waals surface area contributed by atoms with Crippen LogP contribution in [0.15, 0.2) is 0 Å². The first kappa shape index (κ1) is 32.0. The van der Waals surface area contributed by atoms with Gasteiger partial charge in [0.25, 0.3) is 0 Å². The molecule has 2 heterocycles.